The molecule has 0 bridgehead atoms. The number of hydrogen-bond donors (Lipinski definition) is 2. The van der Waals surface area contributed by atoms with E-state index in [9.17, 15) is 14.7 Å². The second-order valence-electron chi connectivity index (χ2n) is 6.04. The Morgan fingerprint density at radius 1 is 1.36 bits per heavy atom. The van der Waals surface area contributed by atoms with E-state index >= 15 is 0 Å². The van der Waals surface area contributed by atoms with Crippen LogP contribution >= 0.6 is 0 Å². The lowest BCUT2D eigenvalue weighted by Gasteiger charge is -2.51. The molecular weight excluding hydrogens is 282 g/mol. The quantitative estimate of drug-likeness (QED) is 0.878. The predicted molar refractivity (Wildman–Crippen MR) is 80.3 cm³/mol. The molecule has 2 heterocycles. The zero-order valence-electron chi connectivity index (χ0n) is 12.5. The van der Waals surface area contributed by atoms with Crippen molar-refractivity contribution in [1.29, 1.82) is 0 Å². The summed E-state index contributed by atoms with van der Waals surface area (Å²) < 4.78 is 0. The number of hydrogen-bond acceptors (Lipinski definition) is 4. The normalized spacial score (nSPS) is 23.4. The highest BCUT2D eigenvalue weighted by Gasteiger charge is 2.42. The van der Waals surface area contributed by atoms with E-state index in [1.54, 1.807) is 6.07 Å². The standard InChI is InChI=1S/C16H21N3O3/c20-13-6-3-8-17-15(13)16(22)18-9-7-14(21)19-10-11-4-1-2-5-12(11)19/h3,6,8,11-12,20H,1-2,4-5,7,9-10H2,(H,18,22)/t11-,12-/m0/s1. The smallest absolute Gasteiger partial charge is 0.273 e. The van der Waals surface area contributed by atoms with Crippen molar-refractivity contribution in [1.82, 2.24) is 15.2 Å². The Hall–Kier alpha value is -2.11. The van der Waals surface area contributed by atoms with Gasteiger partial charge in [-0.05, 0) is 30.9 Å². The van der Waals surface area contributed by atoms with Crippen LogP contribution in [-0.4, -0.2) is 45.9 Å². The van der Waals surface area contributed by atoms with Crippen LogP contribution in [0.2, 0.25) is 0 Å². The zero-order valence-corrected chi connectivity index (χ0v) is 12.5. The molecule has 2 amide bonds. The summed E-state index contributed by atoms with van der Waals surface area (Å²) in [5, 5.41) is 12.2. The monoisotopic (exact) mass is 303 g/mol. The number of fused-ring (bicyclic) bond motifs is 1. The third-order valence-electron chi connectivity index (χ3n) is 4.65. The Balaban J connectivity index is 1.44. The largest absolute Gasteiger partial charge is 0.505 e. The summed E-state index contributed by atoms with van der Waals surface area (Å²) in [5.41, 5.74) is -0.00811. The molecular formula is C16H21N3O3. The molecule has 1 aliphatic carbocycles. The number of rotatable bonds is 4. The lowest BCUT2D eigenvalue weighted by Crippen LogP contribution is -2.59. The fourth-order valence-electron chi connectivity index (χ4n) is 3.43. The molecule has 6 heteroatoms. The van der Waals surface area contributed by atoms with Crippen molar-refractivity contribution in [3.8, 4) is 5.75 Å². The minimum absolute atomic E-state index is 0.00811. The summed E-state index contributed by atoms with van der Waals surface area (Å²) in [6.07, 6.45) is 6.59. The molecule has 0 spiro atoms. The first-order valence-electron chi connectivity index (χ1n) is 7.88. The highest BCUT2D eigenvalue weighted by Crippen LogP contribution is 2.37. The number of likely N-dealkylation sites (tertiary alicyclic amines) is 1. The highest BCUT2D eigenvalue weighted by atomic mass is 16.3. The van der Waals surface area contributed by atoms with E-state index in [-0.39, 0.29) is 23.9 Å². The van der Waals surface area contributed by atoms with Crippen LogP contribution in [0.1, 0.15) is 42.6 Å². The summed E-state index contributed by atoms with van der Waals surface area (Å²) in [7, 11) is 0. The van der Waals surface area contributed by atoms with Gasteiger partial charge in [0.2, 0.25) is 5.91 Å². The first-order valence-corrected chi connectivity index (χ1v) is 7.88. The molecule has 2 aliphatic rings. The lowest BCUT2D eigenvalue weighted by atomic mass is 9.77. The summed E-state index contributed by atoms with van der Waals surface area (Å²) in [5.74, 6) is 0.190. The van der Waals surface area contributed by atoms with Crippen LogP contribution in [0.3, 0.4) is 0 Å². The molecule has 118 valence electrons. The van der Waals surface area contributed by atoms with Crippen LogP contribution in [-0.2, 0) is 4.79 Å². The van der Waals surface area contributed by atoms with Gasteiger partial charge in [0.05, 0.1) is 0 Å². The first-order chi connectivity index (χ1) is 10.7. The van der Waals surface area contributed by atoms with Crippen LogP contribution < -0.4 is 5.32 Å². The lowest BCUT2D eigenvalue weighted by molar-refractivity contribution is -0.145. The molecule has 1 aromatic rings. The topological polar surface area (TPSA) is 82.5 Å². The molecule has 2 N–H and O–H groups in total. The molecule has 0 unspecified atom stereocenters. The number of pyridine rings is 1. The average Bonchev–Trinajstić information content (AvgIpc) is 2.49. The van der Waals surface area contributed by atoms with Crippen LogP contribution in [0.25, 0.3) is 0 Å². The van der Waals surface area contributed by atoms with E-state index in [0.29, 0.717) is 18.4 Å². The van der Waals surface area contributed by atoms with Crippen LogP contribution in [0.4, 0.5) is 0 Å². The number of aromatic hydroxyl groups is 1. The van der Waals surface area contributed by atoms with E-state index < -0.39 is 5.91 Å². The highest BCUT2D eigenvalue weighted by molar-refractivity contribution is 5.94. The van der Waals surface area contributed by atoms with Crippen molar-refractivity contribution < 1.29 is 14.7 Å². The minimum atomic E-state index is -0.454. The van der Waals surface area contributed by atoms with Gasteiger partial charge in [0.25, 0.3) is 5.91 Å². The molecule has 2 fully saturated rings. The molecule has 1 saturated heterocycles. The van der Waals surface area contributed by atoms with Gasteiger partial charge < -0.3 is 15.3 Å². The van der Waals surface area contributed by atoms with Crippen molar-refractivity contribution in [3.05, 3.63) is 24.0 Å². The first kappa shape index (κ1) is 14.8. The number of nitrogens with one attached hydrogen (secondary N) is 1. The Morgan fingerprint density at radius 2 is 2.18 bits per heavy atom. The fraction of sp³-hybridized carbons (Fsp3) is 0.562. The van der Waals surface area contributed by atoms with Gasteiger partial charge in [0.1, 0.15) is 5.75 Å². The van der Waals surface area contributed by atoms with Gasteiger partial charge >= 0.3 is 0 Å². The van der Waals surface area contributed by atoms with Crippen LogP contribution in [0, 0.1) is 5.92 Å². The van der Waals surface area contributed by atoms with Crippen molar-refractivity contribution in [2.24, 2.45) is 5.92 Å². The Kier molecular flexibility index (Phi) is 4.27. The fourth-order valence-corrected chi connectivity index (χ4v) is 3.43. The Morgan fingerprint density at radius 3 is 2.95 bits per heavy atom. The van der Waals surface area contributed by atoms with Gasteiger partial charge in [-0.2, -0.15) is 0 Å². The SMILES string of the molecule is O=C(NCCC(=O)N1C[C@@H]2CCCC[C@@H]21)c1ncccc1O. The van der Waals surface area contributed by atoms with Crippen molar-refractivity contribution in [2.45, 2.75) is 38.1 Å². The van der Waals surface area contributed by atoms with Gasteiger partial charge in [-0.3, -0.25) is 9.59 Å². The summed E-state index contributed by atoms with van der Waals surface area (Å²) in [6, 6.07) is 3.40. The Bertz CT molecular complexity index is 576. The molecule has 3 rings (SSSR count). The van der Waals surface area contributed by atoms with Crippen LogP contribution in [0.5, 0.6) is 5.75 Å². The van der Waals surface area contributed by atoms with Gasteiger partial charge in [-0.25, -0.2) is 4.98 Å². The number of carbonyl (C=O) groups is 2. The number of nitrogens with zero attached hydrogens (tertiary/aromatic N) is 2. The molecule has 1 saturated carbocycles. The van der Waals surface area contributed by atoms with E-state index in [1.165, 1.54) is 31.5 Å². The van der Waals surface area contributed by atoms with Gasteiger partial charge in [0, 0.05) is 31.7 Å². The van der Waals surface area contributed by atoms with Gasteiger partial charge in [-0.1, -0.05) is 12.8 Å². The molecule has 22 heavy (non-hydrogen) atoms. The summed E-state index contributed by atoms with van der Waals surface area (Å²) in [6.45, 7) is 1.14. The van der Waals surface area contributed by atoms with Crippen molar-refractivity contribution >= 4 is 11.8 Å². The molecule has 0 radical (unpaired) electrons. The molecule has 1 aromatic heterocycles. The maximum Gasteiger partial charge on any atom is 0.273 e. The maximum atomic E-state index is 12.2. The number of amides is 2. The summed E-state index contributed by atoms with van der Waals surface area (Å²) in [4.78, 5) is 29.8. The number of aromatic nitrogens is 1. The van der Waals surface area contributed by atoms with Gasteiger partial charge in [0.15, 0.2) is 5.69 Å². The van der Waals surface area contributed by atoms with Crippen molar-refractivity contribution in [2.75, 3.05) is 13.1 Å². The predicted octanol–water partition coefficient (Wildman–Crippen LogP) is 1.31. The van der Waals surface area contributed by atoms with E-state index in [0.717, 1.165) is 13.0 Å². The average molecular weight is 303 g/mol. The third kappa shape index (κ3) is 2.91. The summed E-state index contributed by atoms with van der Waals surface area (Å²) >= 11 is 0. The maximum absolute atomic E-state index is 12.2. The number of carbonyl (C=O) groups excluding carboxylic acids is 2. The third-order valence-corrected chi connectivity index (χ3v) is 4.65. The second-order valence-corrected chi connectivity index (χ2v) is 6.04. The molecule has 6 nitrogen and oxygen atoms in total. The van der Waals surface area contributed by atoms with E-state index in [4.69, 9.17) is 0 Å². The minimum Gasteiger partial charge on any atom is -0.505 e. The van der Waals surface area contributed by atoms with E-state index in [2.05, 4.69) is 10.3 Å². The molecule has 1 aliphatic heterocycles. The zero-order chi connectivity index (χ0) is 15.5. The molecule has 0 aromatic carbocycles. The van der Waals surface area contributed by atoms with Crippen LogP contribution in [0.15, 0.2) is 18.3 Å². The van der Waals surface area contributed by atoms with Gasteiger partial charge in [-0.15, -0.1) is 0 Å². The van der Waals surface area contributed by atoms with E-state index in [1.807, 2.05) is 4.90 Å². The molecule has 2 atom stereocenters. The van der Waals surface area contributed by atoms with Crippen molar-refractivity contribution in [3.63, 3.8) is 0 Å². The Labute approximate surface area is 129 Å². The second kappa shape index (κ2) is 6.34.